The van der Waals surface area contributed by atoms with Gasteiger partial charge in [0.25, 0.3) is 11.8 Å². The second-order valence-corrected chi connectivity index (χ2v) is 6.29. The summed E-state index contributed by atoms with van der Waals surface area (Å²) < 4.78 is 17.9. The van der Waals surface area contributed by atoms with Crippen LogP contribution >= 0.6 is 0 Å². The summed E-state index contributed by atoms with van der Waals surface area (Å²) in [6, 6.07) is 5.24. The van der Waals surface area contributed by atoms with Crippen molar-refractivity contribution < 1.29 is 23.5 Å². The van der Waals surface area contributed by atoms with E-state index in [9.17, 15) is 18.8 Å². The van der Waals surface area contributed by atoms with Crippen LogP contribution in [0.15, 0.2) is 24.3 Å². The Balaban J connectivity index is 1.68. The van der Waals surface area contributed by atoms with Crippen LogP contribution in [-0.2, 0) is 14.3 Å². The highest BCUT2D eigenvalue weighted by atomic mass is 19.1. The van der Waals surface area contributed by atoms with Gasteiger partial charge in [-0.05, 0) is 37.0 Å². The predicted octanol–water partition coefficient (Wildman–Crippen LogP) is 1.79. The molecule has 1 aliphatic rings. The number of carbonyl (C=O) groups is 3. The van der Waals surface area contributed by atoms with Gasteiger partial charge in [-0.3, -0.25) is 14.4 Å². The van der Waals surface area contributed by atoms with Crippen LogP contribution < -0.4 is 10.6 Å². The van der Waals surface area contributed by atoms with Crippen molar-refractivity contribution in [3.8, 4) is 0 Å². The third kappa shape index (κ3) is 6.17. The summed E-state index contributed by atoms with van der Waals surface area (Å²) in [7, 11) is 0. The molecular weight excluding hydrogens is 327 g/mol. The molecule has 136 valence electrons. The quantitative estimate of drug-likeness (QED) is 0.766. The topological polar surface area (TPSA) is 84.5 Å². The Labute approximate surface area is 146 Å². The van der Waals surface area contributed by atoms with Crippen molar-refractivity contribution in [1.82, 2.24) is 10.6 Å². The van der Waals surface area contributed by atoms with Crippen molar-refractivity contribution in [2.24, 2.45) is 5.92 Å². The van der Waals surface area contributed by atoms with Gasteiger partial charge in [-0.25, -0.2) is 4.39 Å². The van der Waals surface area contributed by atoms with Gasteiger partial charge in [0.2, 0.25) is 0 Å². The molecule has 2 atom stereocenters. The molecule has 1 aromatic carbocycles. The molecule has 2 N–H and O–H groups in total. The highest BCUT2D eigenvalue weighted by Crippen LogP contribution is 2.23. The Morgan fingerprint density at radius 1 is 1.24 bits per heavy atom. The van der Waals surface area contributed by atoms with E-state index in [1.807, 2.05) is 0 Å². The smallest absolute Gasteiger partial charge is 0.325 e. The molecule has 7 heteroatoms. The van der Waals surface area contributed by atoms with Crippen LogP contribution in [0.3, 0.4) is 0 Å². The fourth-order valence-corrected chi connectivity index (χ4v) is 2.86. The SMILES string of the molecule is C[C@@H]1CCCC[C@H]1NC(=O)COC(=O)CNC(=O)c1cccc(F)c1. The van der Waals surface area contributed by atoms with Gasteiger partial charge in [0, 0.05) is 11.6 Å². The van der Waals surface area contributed by atoms with Crippen LogP contribution in [0.4, 0.5) is 4.39 Å². The summed E-state index contributed by atoms with van der Waals surface area (Å²) in [5, 5.41) is 5.20. The van der Waals surface area contributed by atoms with Crippen molar-refractivity contribution in [3.63, 3.8) is 0 Å². The maximum Gasteiger partial charge on any atom is 0.325 e. The fraction of sp³-hybridized carbons (Fsp3) is 0.500. The van der Waals surface area contributed by atoms with Crippen molar-refractivity contribution >= 4 is 17.8 Å². The number of hydrogen-bond acceptors (Lipinski definition) is 4. The number of ether oxygens (including phenoxy) is 1. The number of rotatable bonds is 6. The van der Waals surface area contributed by atoms with Crippen LogP contribution in [0.5, 0.6) is 0 Å². The maximum absolute atomic E-state index is 13.0. The minimum Gasteiger partial charge on any atom is -0.454 e. The van der Waals surface area contributed by atoms with E-state index < -0.39 is 17.7 Å². The summed E-state index contributed by atoms with van der Waals surface area (Å²) in [5.41, 5.74) is 0.108. The predicted molar refractivity (Wildman–Crippen MR) is 89.3 cm³/mol. The molecule has 0 unspecified atom stereocenters. The van der Waals surface area contributed by atoms with Crippen molar-refractivity contribution in [1.29, 1.82) is 0 Å². The van der Waals surface area contributed by atoms with Crippen LogP contribution in [0.2, 0.25) is 0 Å². The first-order valence-corrected chi connectivity index (χ1v) is 8.44. The highest BCUT2D eigenvalue weighted by molar-refractivity contribution is 5.96. The van der Waals surface area contributed by atoms with E-state index in [0.717, 1.165) is 25.3 Å². The molecule has 2 rings (SSSR count). The molecule has 0 aromatic heterocycles. The number of nitrogens with one attached hydrogen (secondary N) is 2. The van der Waals surface area contributed by atoms with Gasteiger partial charge in [-0.15, -0.1) is 0 Å². The Bertz CT molecular complexity index is 635. The number of benzene rings is 1. The first kappa shape index (κ1) is 18.9. The summed E-state index contributed by atoms with van der Waals surface area (Å²) >= 11 is 0. The minimum atomic E-state index is -0.725. The molecule has 1 saturated carbocycles. The van der Waals surface area contributed by atoms with E-state index in [1.54, 1.807) is 0 Å². The second kappa shape index (κ2) is 9.15. The zero-order valence-electron chi connectivity index (χ0n) is 14.2. The zero-order chi connectivity index (χ0) is 18.2. The maximum atomic E-state index is 13.0. The van der Waals surface area contributed by atoms with Crippen molar-refractivity contribution in [2.45, 2.75) is 38.6 Å². The van der Waals surface area contributed by atoms with Gasteiger partial charge in [0.1, 0.15) is 12.4 Å². The van der Waals surface area contributed by atoms with E-state index in [0.29, 0.717) is 5.92 Å². The molecule has 1 aliphatic carbocycles. The lowest BCUT2D eigenvalue weighted by molar-refractivity contribution is -0.147. The van der Waals surface area contributed by atoms with E-state index in [-0.39, 0.29) is 30.7 Å². The summed E-state index contributed by atoms with van der Waals surface area (Å²) in [4.78, 5) is 35.2. The molecule has 0 heterocycles. The molecule has 0 radical (unpaired) electrons. The largest absolute Gasteiger partial charge is 0.454 e. The molecule has 1 aromatic rings. The molecule has 0 bridgehead atoms. The standard InChI is InChI=1S/C18H23FN2O4/c1-12-5-2-3-8-15(12)21-16(22)11-25-17(23)10-20-18(24)13-6-4-7-14(19)9-13/h4,6-7,9,12,15H,2-3,5,8,10-11H2,1H3,(H,20,24)(H,21,22)/t12-,15-/m1/s1. The van der Waals surface area contributed by atoms with Crippen molar-refractivity contribution in [3.05, 3.63) is 35.6 Å². The lowest BCUT2D eigenvalue weighted by Crippen LogP contribution is -2.43. The van der Waals surface area contributed by atoms with Gasteiger partial charge in [-0.2, -0.15) is 0 Å². The third-order valence-corrected chi connectivity index (χ3v) is 4.30. The molecule has 6 nitrogen and oxygen atoms in total. The molecular formula is C18H23FN2O4. The van der Waals surface area contributed by atoms with Crippen LogP contribution in [-0.4, -0.2) is 37.0 Å². The van der Waals surface area contributed by atoms with Gasteiger partial charge in [0.05, 0.1) is 0 Å². The lowest BCUT2D eigenvalue weighted by atomic mass is 9.86. The van der Waals surface area contributed by atoms with Crippen LogP contribution in [0, 0.1) is 11.7 Å². The Morgan fingerprint density at radius 2 is 2.00 bits per heavy atom. The number of hydrogen-bond donors (Lipinski definition) is 2. The third-order valence-electron chi connectivity index (χ3n) is 4.30. The molecule has 2 amide bonds. The monoisotopic (exact) mass is 350 g/mol. The normalized spacial score (nSPS) is 19.8. The van der Waals surface area contributed by atoms with Gasteiger partial charge < -0.3 is 15.4 Å². The Morgan fingerprint density at radius 3 is 2.72 bits per heavy atom. The highest BCUT2D eigenvalue weighted by Gasteiger charge is 2.23. The minimum absolute atomic E-state index is 0.108. The van der Waals surface area contributed by atoms with Gasteiger partial charge >= 0.3 is 5.97 Å². The summed E-state index contributed by atoms with van der Waals surface area (Å²) in [6.07, 6.45) is 4.27. The van der Waals surface area contributed by atoms with E-state index >= 15 is 0 Å². The molecule has 1 fully saturated rings. The Hall–Kier alpha value is -2.44. The van der Waals surface area contributed by atoms with Gasteiger partial charge in [-0.1, -0.05) is 25.8 Å². The zero-order valence-corrected chi connectivity index (χ0v) is 14.2. The number of carbonyl (C=O) groups excluding carboxylic acids is 3. The number of amides is 2. The second-order valence-electron chi connectivity index (χ2n) is 6.29. The average molecular weight is 350 g/mol. The fourth-order valence-electron chi connectivity index (χ4n) is 2.86. The summed E-state index contributed by atoms with van der Waals surface area (Å²) in [6.45, 7) is 1.33. The van der Waals surface area contributed by atoms with Crippen LogP contribution in [0.1, 0.15) is 43.0 Å². The van der Waals surface area contributed by atoms with E-state index in [1.165, 1.54) is 24.6 Å². The average Bonchev–Trinajstić information content (AvgIpc) is 2.60. The first-order valence-electron chi connectivity index (χ1n) is 8.44. The molecule has 0 aliphatic heterocycles. The number of esters is 1. The van der Waals surface area contributed by atoms with E-state index in [2.05, 4.69) is 17.6 Å². The lowest BCUT2D eigenvalue weighted by Gasteiger charge is -2.29. The van der Waals surface area contributed by atoms with Crippen LogP contribution in [0.25, 0.3) is 0 Å². The van der Waals surface area contributed by atoms with E-state index in [4.69, 9.17) is 4.74 Å². The molecule has 0 spiro atoms. The number of halogens is 1. The summed E-state index contributed by atoms with van der Waals surface area (Å²) in [5.74, 6) is -1.78. The first-order chi connectivity index (χ1) is 12.0. The Kier molecular flexibility index (Phi) is 6.91. The van der Waals surface area contributed by atoms with Gasteiger partial charge in [0.15, 0.2) is 6.61 Å². The molecule has 0 saturated heterocycles. The molecule has 25 heavy (non-hydrogen) atoms. The van der Waals surface area contributed by atoms with Crippen molar-refractivity contribution in [2.75, 3.05) is 13.2 Å².